The average Bonchev–Trinajstić information content (AvgIpc) is 3.05. The molecule has 1 fully saturated rings. The fourth-order valence-electron chi connectivity index (χ4n) is 5.26. The van der Waals surface area contributed by atoms with Crippen LogP contribution in [0.4, 0.5) is 0 Å². The molecule has 1 aliphatic rings. The molecule has 9 atom stereocenters. The lowest BCUT2D eigenvalue weighted by Gasteiger charge is -2.46. The lowest BCUT2D eigenvalue weighted by Crippen LogP contribution is -2.64. The molecule has 0 N–H and O–H groups in total. The van der Waals surface area contributed by atoms with E-state index in [9.17, 15) is 19.2 Å². The lowest BCUT2D eigenvalue weighted by atomic mass is 9.97. The maximum absolute atomic E-state index is 12.5. The fourth-order valence-corrected chi connectivity index (χ4v) is 6.13. The van der Waals surface area contributed by atoms with E-state index in [2.05, 4.69) is 20.8 Å². The minimum Gasteiger partial charge on any atom is -0.463 e. The molecule has 50 heavy (non-hydrogen) atoms. The summed E-state index contributed by atoms with van der Waals surface area (Å²) in [6, 6.07) is 0. The first kappa shape index (κ1) is 46.0. The Balaban J connectivity index is 3.80. The Morgan fingerprint density at radius 3 is 1.78 bits per heavy atom. The van der Waals surface area contributed by atoms with E-state index in [0.717, 1.165) is 38.5 Å². The molecule has 0 amide bonds. The third kappa shape index (κ3) is 17.5. The topological polar surface area (TPSA) is 161 Å². The highest BCUT2D eigenvalue weighted by molar-refractivity contribution is 7.99. The predicted octanol–water partition coefficient (Wildman–Crippen LogP) is 4.76. The standard InChI is InChI=1S/C35H62O14S/c1-10-14-18-41-21-17-27(42-19-15-11-2)29(43-20-16-12-3)33(35(40-9)50-13-4)49-34-32(47-26(8)39)31(46-25(7)38)30(45-24(6)37)28(48-34)22-44-23(5)36/h27-35H,10-22H2,1-9H3/t27-,28?,29?,30-,31?,32?,33?,34-,35-/m1/s1. The van der Waals surface area contributed by atoms with Crippen LogP contribution in [0.25, 0.3) is 0 Å². The minimum atomic E-state index is -1.43. The summed E-state index contributed by atoms with van der Waals surface area (Å²) in [7, 11) is 1.56. The van der Waals surface area contributed by atoms with Gasteiger partial charge in [-0.3, -0.25) is 19.2 Å². The maximum atomic E-state index is 12.5. The summed E-state index contributed by atoms with van der Waals surface area (Å²) in [5.74, 6) is -2.16. The van der Waals surface area contributed by atoms with Crippen LogP contribution in [-0.2, 0) is 66.5 Å². The highest BCUT2D eigenvalue weighted by Crippen LogP contribution is 2.34. The molecule has 0 aromatic rings. The molecule has 1 rings (SSSR count). The zero-order valence-electron chi connectivity index (χ0n) is 31.5. The van der Waals surface area contributed by atoms with Crippen molar-refractivity contribution in [3.05, 3.63) is 0 Å². The van der Waals surface area contributed by atoms with E-state index < -0.39 is 78.3 Å². The summed E-state index contributed by atoms with van der Waals surface area (Å²) in [5, 5.41) is 0. The van der Waals surface area contributed by atoms with Crippen LogP contribution < -0.4 is 0 Å². The molecule has 1 saturated heterocycles. The monoisotopic (exact) mass is 738 g/mol. The Morgan fingerprint density at radius 2 is 1.24 bits per heavy atom. The molecule has 0 bridgehead atoms. The Morgan fingerprint density at radius 1 is 0.680 bits per heavy atom. The lowest BCUT2D eigenvalue weighted by molar-refractivity contribution is -0.329. The number of hydrogen-bond acceptors (Lipinski definition) is 15. The van der Waals surface area contributed by atoms with Gasteiger partial charge in [-0.2, -0.15) is 0 Å². The van der Waals surface area contributed by atoms with E-state index in [1.54, 1.807) is 7.11 Å². The Hall–Kier alpha value is -2.01. The van der Waals surface area contributed by atoms with Crippen LogP contribution in [0.15, 0.2) is 0 Å². The number of esters is 4. The summed E-state index contributed by atoms with van der Waals surface area (Å²) >= 11 is 1.47. The molecule has 0 aromatic heterocycles. The summed E-state index contributed by atoms with van der Waals surface area (Å²) in [4.78, 5) is 49.0. The molecule has 15 heteroatoms. The molecule has 0 aliphatic carbocycles. The van der Waals surface area contributed by atoms with Crippen molar-refractivity contribution in [3.8, 4) is 0 Å². The van der Waals surface area contributed by atoms with E-state index in [0.29, 0.717) is 38.6 Å². The molecule has 5 unspecified atom stereocenters. The number of unbranched alkanes of at least 4 members (excludes halogenated alkanes) is 3. The van der Waals surface area contributed by atoms with Gasteiger partial charge in [-0.05, 0) is 31.4 Å². The Kier molecular flexibility index (Phi) is 24.6. The molecule has 14 nitrogen and oxygen atoms in total. The van der Waals surface area contributed by atoms with Crippen LogP contribution in [0.3, 0.4) is 0 Å². The van der Waals surface area contributed by atoms with Gasteiger partial charge in [-0.15, -0.1) is 11.8 Å². The number of thioether (sulfide) groups is 1. The second kappa shape index (κ2) is 26.7. The van der Waals surface area contributed by atoms with Gasteiger partial charge in [0, 0.05) is 61.2 Å². The number of carbonyl (C=O) groups is 4. The molecular formula is C35H62O14S. The molecule has 1 aliphatic heterocycles. The summed E-state index contributed by atoms with van der Waals surface area (Å²) < 4.78 is 60.2. The molecule has 0 radical (unpaired) electrons. The number of hydrogen-bond donors (Lipinski definition) is 0. The van der Waals surface area contributed by atoms with E-state index in [1.807, 2.05) is 6.92 Å². The third-order valence-electron chi connectivity index (χ3n) is 7.59. The zero-order chi connectivity index (χ0) is 37.5. The number of carbonyl (C=O) groups excluding carboxylic acids is 4. The molecule has 0 saturated carbocycles. The van der Waals surface area contributed by atoms with Crippen molar-refractivity contribution < 1.29 is 66.5 Å². The van der Waals surface area contributed by atoms with Crippen molar-refractivity contribution in [2.75, 3.05) is 45.9 Å². The van der Waals surface area contributed by atoms with Gasteiger partial charge in [-0.1, -0.05) is 47.0 Å². The van der Waals surface area contributed by atoms with E-state index in [-0.39, 0.29) is 6.61 Å². The smallest absolute Gasteiger partial charge is 0.303 e. The molecule has 0 spiro atoms. The van der Waals surface area contributed by atoms with Crippen LogP contribution >= 0.6 is 11.8 Å². The van der Waals surface area contributed by atoms with Crippen LogP contribution in [0.5, 0.6) is 0 Å². The van der Waals surface area contributed by atoms with Gasteiger partial charge in [0.25, 0.3) is 0 Å². The molecular weight excluding hydrogens is 676 g/mol. The van der Waals surface area contributed by atoms with Crippen LogP contribution in [0, 0.1) is 0 Å². The van der Waals surface area contributed by atoms with Crippen molar-refractivity contribution in [1.29, 1.82) is 0 Å². The average molecular weight is 739 g/mol. The van der Waals surface area contributed by atoms with Crippen molar-refractivity contribution in [1.82, 2.24) is 0 Å². The van der Waals surface area contributed by atoms with E-state index in [4.69, 9.17) is 47.4 Å². The van der Waals surface area contributed by atoms with Crippen molar-refractivity contribution in [2.24, 2.45) is 0 Å². The van der Waals surface area contributed by atoms with Gasteiger partial charge in [0.05, 0.1) is 6.10 Å². The second-order valence-corrected chi connectivity index (χ2v) is 13.3. The van der Waals surface area contributed by atoms with Gasteiger partial charge in [0.2, 0.25) is 0 Å². The second-order valence-electron chi connectivity index (χ2n) is 11.9. The quantitative estimate of drug-likeness (QED) is 0.0491. The molecule has 1 heterocycles. The van der Waals surface area contributed by atoms with E-state index >= 15 is 0 Å². The van der Waals surface area contributed by atoms with Gasteiger partial charge >= 0.3 is 23.9 Å². The zero-order valence-corrected chi connectivity index (χ0v) is 32.3. The van der Waals surface area contributed by atoms with Gasteiger partial charge in [0.1, 0.15) is 30.4 Å². The van der Waals surface area contributed by atoms with Crippen molar-refractivity contribution in [3.63, 3.8) is 0 Å². The fraction of sp³-hybridized carbons (Fsp3) is 0.886. The predicted molar refractivity (Wildman–Crippen MR) is 185 cm³/mol. The van der Waals surface area contributed by atoms with Crippen LogP contribution in [0.2, 0.25) is 0 Å². The third-order valence-corrected chi connectivity index (χ3v) is 8.71. The largest absolute Gasteiger partial charge is 0.463 e. The van der Waals surface area contributed by atoms with Gasteiger partial charge in [-0.25, -0.2) is 0 Å². The van der Waals surface area contributed by atoms with Crippen LogP contribution in [-0.4, -0.2) is 124 Å². The normalized spacial score (nSPS) is 22.9. The minimum absolute atomic E-state index is 0.381. The van der Waals surface area contributed by atoms with Crippen LogP contribution in [0.1, 0.15) is 100 Å². The van der Waals surface area contributed by atoms with Gasteiger partial charge in [0.15, 0.2) is 24.6 Å². The molecule has 292 valence electrons. The number of ether oxygens (including phenoxy) is 10. The highest BCUT2D eigenvalue weighted by Gasteiger charge is 2.54. The SMILES string of the molecule is CCCCOCC[C@@H](OCCCC)C(OCCCC)C(O[C@H]1OC(COC(C)=O)[C@@H](OC(C)=O)C(OC(C)=O)C1OC(C)=O)[C@H](OC)SCC. The van der Waals surface area contributed by atoms with E-state index in [1.165, 1.54) is 39.5 Å². The Bertz CT molecular complexity index is 968. The first-order valence-electron chi connectivity index (χ1n) is 17.8. The first-order valence-corrected chi connectivity index (χ1v) is 18.9. The number of methoxy groups -OCH3 is 1. The molecule has 0 aromatic carbocycles. The Labute approximate surface area is 302 Å². The van der Waals surface area contributed by atoms with Crippen molar-refractivity contribution >= 4 is 35.6 Å². The van der Waals surface area contributed by atoms with Gasteiger partial charge < -0.3 is 47.4 Å². The summed E-state index contributed by atoms with van der Waals surface area (Å²) in [6.45, 7) is 14.5. The summed E-state index contributed by atoms with van der Waals surface area (Å²) in [5.41, 5.74) is -0.628. The summed E-state index contributed by atoms with van der Waals surface area (Å²) in [6.07, 6.45) is -2.96. The maximum Gasteiger partial charge on any atom is 0.303 e. The first-order chi connectivity index (χ1) is 23.9. The number of rotatable bonds is 27. The van der Waals surface area contributed by atoms with Crippen molar-refractivity contribution in [2.45, 2.75) is 155 Å². The highest BCUT2D eigenvalue weighted by atomic mass is 32.2.